The van der Waals surface area contributed by atoms with E-state index in [2.05, 4.69) is 13.0 Å². The molecule has 0 aliphatic carbocycles. The van der Waals surface area contributed by atoms with Crippen molar-refractivity contribution in [3.8, 4) is 16.2 Å². The molecular formula is C24H20O2S. The highest BCUT2D eigenvalue weighted by Gasteiger charge is 2.21. The summed E-state index contributed by atoms with van der Waals surface area (Å²) in [5, 5.41) is 1.01. The topological polar surface area (TPSA) is 26.3 Å². The fourth-order valence-corrected chi connectivity index (χ4v) is 4.46. The van der Waals surface area contributed by atoms with Crippen molar-refractivity contribution in [3.63, 3.8) is 0 Å². The normalized spacial score (nSPS) is 10.9. The molecule has 0 fully saturated rings. The number of aryl methyl sites for hydroxylation is 1. The molecule has 0 saturated carbocycles. The smallest absolute Gasteiger partial charge is 0.195 e. The zero-order valence-corrected chi connectivity index (χ0v) is 16.2. The number of benzene rings is 3. The molecule has 27 heavy (non-hydrogen) atoms. The Balaban J connectivity index is 1.87. The first-order valence-electron chi connectivity index (χ1n) is 9.01. The molecule has 1 aromatic heterocycles. The van der Waals surface area contributed by atoms with Crippen molar-refractivity contribution in [3.05, 3.63) is 89.5 Å². The second-order valence-corrected chi connectivity index (χ2v) is 7.46. The number of carbonyl (C=O) groups excluding carboxylic acids is 1. The molecule has 0 amide bonds. The van der Waals surface area contributed by atoms with Crippen molar-refractivity contribution >= 4 is 27.2 Å². The Kier molecular flexibility index (Phi) is 4.78. The standard InChI is InChI=1S/C24H20O2S/c1-3-16-8-10-17(11-9-16)23(25)22-20-6-4-5-7-21(20)27-24(22)18-12-14-19(26-2)15-13-18/h4-15H,3H2,1-2H3. The second-order valence-electron chi connectivity index (χ2n) is 6.41. The Labute approximate surface area is 163 Å². The molecule has 0 saturated heterocycles. The largest absolute Gasteiger partial charge is 0.497 e. The maximum atomic E-state index is 13.4. The molecular weight excluding hydrogens is 352 g/mol. The third-order valence-corrected chi connectivity index (χ3v) is 6.02. The van der Waals surface area contributed by atoms with Crippen LogP contribution in [0.1, 0.15) is 28.4 Å². The van der Waals surface area contributed by atoms with Gasteiger partial charge in [-0.05, 0) is 47.9 Å². The van der Waals surface area contributed by atoms with Crippen LogP contribution < -0.4 is 4.74 Å². The van der Waals surface area contributed by atoms with Crippen LogP contribution in [0.5, 0.6) is 5.75 Å². The molecule has 0 unspecified atom stereocenters. The lowest BCUT2D eigenvalue weighted by Crippen LogP contribution is -2.02. The van der Waals surface area contributed by atoms with Gasteiger partial charge in [0.1, 0.15) is 5.75 Å². The summed E-state index contributed by atoms with van der Waals surface area (Å²) in [6.45, 7) is 2.12. The highest BCUT2D eigenvalue weighted by molar-refractivity contribution is 7.22. The fraction of sp³-hybridized carbons (Fsp3) is 0.125. The molecule has 0 bridgehead atoms. The van der Waals surface area contributed by atoms with Crippen molar-refractivity contribution in [2.24, 2.45) is 0 Å². The van der Waals surface area contributed by atoms with Crippen LogP contribution in [0.2, 0.25) is 0 Å². The van der Waals surface area contributed by atoms with E-state index in [1.165, 1.54) is 5.56 Å². The van der Waals surface area contributed by atoms with E-state index < -0.39 is 0 Å². The zero-order valence-electron chi connectivity index (χ0n) is 15.4. The van der Waals surface area contributed by atoms with E-state index in [1.54, 1.807) is 18.4 Å². The maximum Gasteiger partial charge on any atom is 0.195 e. The number of carbonyl (C=O) groups is 1. The van der Waals surface area contributed by atoms with Gasteiger partial charge in [-0.15, -0.1) is 11.3 Å². The number of ether oxygens (including phenoxy) is 1. The van der Waals surface area contributed by atoms with Gasteiger partial charge in [0.2, 0.25) is 0 Å². The van der Waals surface area contributed by atoms with Gasteiger partial charge in [-0.3, -0.25) is 4.79 Å². The van der Waals surface area contributed by atoms with Crippen LogP contribution in [0.4, 0.5) is 0 Å². The monoisotopic (exact) mass is 372 g/mol. The molecule has 0 spiro atoms. The van der Waals surface area contributed by atoms with Crippen molar-refractivity contribution in [1.29, 1.82) is 0 Å². The van der Waals surface area contributed by atoms with Gasteiger partial charge in [-0.2, -0.15) is 0 Å². The molecule has 0 atom stereocenters. The number of fused-ring (bicyclic) bond motifs is 1. The third-order valence-electron chi connectivity index (χ3n) is 4.80. The Bertz CT molecular complexity index is 1090. The predicted octanol–water partition coefficient (Wildman–Crippen LogP) is 6.37. The van der Waals surface area contributed by atoms with Gasteiger partial charge < -0.3 is 4.74 Å². The lowest BCUT2D eigenvalue weighted by atomic mass is 9.97. The Hall–Kier alpha value is -2.91. The number of rotatable bonds is 5. The molecule has 0 N–H and O–H groups in total. The van der Waals surface area contributed by atoms with E-state index in [-0.39, 0.29) is 5.78 Å². The summed E-state index contributed by atoms with van der Waals surface area (Å²) >= 11 is 1.66. The Morgan fingerprint density at radius 1 is 0.926 bits per heavy atom. The van der Waals surface area contributed by atoms with E-state index in [9.17, 15) is 4.79 Å². The summed E-state index contributed by atoms with van der Waals surface area (Å²) in [6.07, 6.45) is 0.965. The minimum atomic E-state index is 0.0703. The average Bonchev–Trinajstić information content (AvgIpc) is 3.13. The lowest BCUT2D eigenvalue weighted by Gasteiger charge is -2.07. The molecule has 1 heterocycles. The molecule has 4 rings (SSSR count). The van der Waals surface area contributed by atoms with E-state index in [0.29, 0.717) is 0 Å². The van der Waals surface area contributed by atoms with Crippen LogP contribution in [-0.2, 0) is 6.42 Å². The summed E-state index contributed by atoms with van der Waals surface area (Å²) in [4.78, 5) is 14.4. The van der Waals surface area contributed by atoms with E-state index in [0.717, 1.165) is 43.8 Å². The number of hydrogen-bond acceptors (Lipinski definition) is 3. The molecule has 2 nitrogen and oxygen atoms in total. The van der Waals surface area contributed by atoms with Crippen molar-refractivity contribution in [2.75, 3.05) is 7.11 Å². The molecule has 3 heteroatoms. The number of thiophene rings is 1. The summed E-state index contributed by atoms with van der Waals surface area (Å²) in [7, 11) is 1.66. The second kappa shape index (κ2) is 7.37. The van der Waals surface area contributed by atoms with Gasteiger partial charge in [-0.1, -0.05) is 49.4 Å². The number of hydrogen-bond donors (Lipinski definition) is 0. The average molecular weight is 372 g/mol. The van der Waals surface area contributed by atoms with Crippen molar-refractivity contribution in [1.82, 2.24) is 0 Å². The minimum absolute atomic E-state index is 0.0703. The highest BCUT2D eigenvalue weighted by Crippen LogP contribution is 2.40. The summed E-state index contributed by atoms with van der Waals surface area (Å²) < 4.78 is 6.39. The molecule has 134 valence electrons. The van der Waals surface area contributed by atoms with Crippen molar-refractivity contribution in [2.45, 2.75) is 13.3 Å². The first-order chi connectivity index (χ1) is 13.2. The van der Waals surface area contributed by atoms with Gasteiger partial charge in [0, 0.05) is 26.1 Å². The van der Waals surface area contributed by atoms with E-state index in [4.69, 9.17) is 4.74 Å². The van der Waals surface area contributed by atoms with Crippen LogP contribution in [0.15, 0.2) is 72.8 Å². The highest BCUT2D eigenvalue weighted by atomic mass is 32.1. The quantitative estimate of drug-likeness (QED) is 0.380. The van der Waals surface area contributed by atoms with Gasteiger partial charge in [0.05, 0.1) is 7.11 Å². The Morgan fingerprint density at radius 2 is 1.63 bits per heavy atom. The van der Waals surface area contributed by atoms with E-state index in [1.807, 2.05) is 66.7 Å². The van der Waals surface area contributed by atoms with Crippen LogP contribution in [0.3, 0.4) is 0 Å². The molecule has 3 aromatic carbocycles. The summed E-state index contributed by atoms with van der Waals surface area (Å²) in [6, 6.07) is 24.0. The first kappa shape index (κ1) is 17.5. The molecule has 0 aliphatic heterocycles. The minimum Gasteiger partial charge on any atom is -0.497 e. The van der Waals surface area contributed by atoms with Crippen molar-refractivity contribution < 1.29 is 9.53 Å². The van der Waals surface area contributed by atoms with E-state index >= 15 is 0 Å². The molecule has 0 aliphatic rings. The number of ketones is 1. The third kappa shape index (κ3) is 3.26. The summed E-state index contributed by atoms with van der Waals surface area (Å²) in [5.41, 5.74) is 3.78. The fourth-order valence-electron chi connectivity index (χ4n) is 3.25. The Morgan fingerprint density at radius 3 is 2.30 bits per heavy atom. The van der Waals surface area contributed by atoms with Crippen LogP contribution in [0.25, 0.3) is 20.5 Å². The van der Waals surface area contributed by atoms with Crippen LogP contribution in [-0.4, -0.2) is 12.9 Å². The zero-order chi connectivity index (χ0) is 18.8. The summed E-state index contributed by atoms with van der Waals surface area (Å²) in [5.74, 6) is 0.879. The van der Waals surface area contributed by atoms with Gasteiger partial charge >= 0.3 is 0 Å². The molecule has 0 radical (unpaired) electrons. The number of methoxy groups -OCH3 is 1. The van der Waals surface area contributed by atoms with Gasteiger partial charge in [-0.25, -0.2) is 0 Å². The van der Waals surface area contributed by atoms with Crippen LogP contribution >= 0.6 is 11.3 Å². The molecule has 4 aromatic rings. The first-order valence-corrected chi connectivity index (χ1v) is 9.82. The van der Waals surface area contributed by atoms with Gasteiger partial charge in [0.25, 0.3) is 0 Å². The lowest BCUT2D eigenvalue weighted by molar-refractivity contribution is 0.104. The maximum absolute atomic E-state index is 13.4. The predicted molar refractivity (Wildman–Crippen MR) is 113 cm³/mol. The van der Waals surface area contributed by atoms with Crippen LogP contribution in [0, 0.1) is 0 Å². The van der Waals surface area contributed by atoms with Gasteiger partial charge in [0.15, 0.2) is 5.78 Å². The SMILES string of the molecule is CCc1ccc(C(=O)c2c(-c3ccc(OC)cc3)sc3ccccc23)cc1.